The van der Waals surface area contributed by atoms with Gasteiger partial charge in [0.1, 0.15) is 6.10 Å². The molecule has 0 aliphatic heterocycles. The topological polar surface area (TPSA) is 50.4 Å². The molecule has 3 nitrogen and oxygen atoms in total. The summed E-state index contributed by atoms with van der Waals surface area (Å²) in [6.07, 6.45) is 4.57. The van der Waals surface area contributed by atoms with E-state index >= 15 is 0 Å². The minimum Gasteiger partial charge on any atom is -0.472 e. The Morgan fingerprint density at radius 1 is 1.69 bits per heavy atom. The first kappa shape index (κ1) is 8.51. The first-order valence-corrected chi connectivity index (χ1v) is 4.49. The molecular weight excluding hydrogens is 168 g/mol. The molecule has 1 aliphatic rings. The second kappa shape index (κ2) is 3.34. The molecule has 1 heterocycles. The van der Waals surface area contributed by atoms with Crippen molar-refractivity contribution in [3.8, 4) is 0 Å². The Hall–Kier alpha value is -1.09. The van der Waals surface area contributed by atoms with Crippen molar-refractivity contribution in [2.24, 2.45) is 5.92 Å². The van der Waals surface area contributed by atoms with Gasteiger partial charge in [-0.15, -0.1) is 0 Å². The molecule has 0 spiro atoms. The van der Waals surface area contributed by atoms with Crippen LogP contribution in [-0.2, 0) is 11.2 Å². The van der Waals surface area contributed by atoms with E-state index in [1.54, 1.807) is 6.07 Å². The Balaban J connectivity index is 1.90. The molecule has 2 rings (SSSR count). The first-order valence-electron chi connectivity index (χ1n) is 4.49. The number of ketones is 1. The van der Waals surface area contributed by atoms with Crippen LogP contribution >= 0.6 is 0 Å². The highest BCUT2D eigenvalue weighted by Gasteiger charge is 2.34. The number of hydrogen-bond acceptors (Lipinski definition) is 3. The molecule has 1 aromatic heterocycles. The van der Waals surface area contributed by atoms with E-state index in [9.17, 15) is 9.90 Å². The lowest BCUT2D eigenvalue weighted by Gasteiger charge is -2.05. The zero-order chi connectivity index (χ0) is 9.26. The number of furan rings is 1. The number of aliphatic hydroxyl groups is 1. The third-order valence-electron chi connectivity index (χ3n) is 2.36. The highest BCUT2D eigenvalue weighted by atomic mass is 16.3. The lowest BCUT2D eigenvalue weighted by molar-refractivity contribution is -0.127. The average molecular weight is 180 g/mol. The van der Waals surface area contributed by atoms with E-state index < -0.39 is 6.10 Å². The molecule has 1 fully saturated rings. The predicted molar refractivity (Wildman–Crippen MR) is 46.1 cm³/mol. The fourth-order valence-electron chi connectivity index (χ4n) is 1.37. The summed E-state index contributed by atoms with van der Waals surface area (Å²) >= 11 is 0. The van der Waals surface area contributed by atoms with E-state index in [1.165, 1.54) is 12.5 Å². The SMILES string of the molecule is O=C(Cc1ccoc1)C(O)C1CC1. The standard InChI is InChI=1S/C10H12O3/c11-9(10(12)8-1-2-8)5-7-3-4-13-6-7/h3-4,6,8,10,12H,1-2,5H2. The minimum absolute atomic E-state index is 0.0936. The smallest absolute Gasteiger partial charge is 0.166 e. The van der Waals surface area contributed by atoms with Crippen molar-refractivity contribution in [1.29, 1.82) is 0 Å². The maximum atomic E-state index is 11.4. The van der Waals surface area contributed by atoms with Crippen LogP contribution in [0.25, 0.3) is 0 Å². The molecule has 0 saturated heterocycles. The van der Waals surface area contributed by atoms with Crippen molar-refractivity contribution < 1.29 is 14.3 Å². The largest absolute Gasteiger partial charge is 0.472 e. The van der Waals surface area contributed by atoms with Gasteiger partial charge in [-0.25, -0.2) is 0 Å². The van der Waals surface area contributed by atoms with Crippen molar-refractivity contribution in [3.63, 3.8) is 0 Å². The van der Waals surface area contributed by atoms with Gasteiger partial charge < -0.3 is 9.52 Å². The summed E-state index contributed by atoms with van der Waals surface area (Å²) in [4.78, 5) is 11.4. The molecule has 0 amide bonds. The second-order valence-electron chi connectivity index (χ2n) is 3.56. The fourth-order valence-corrected chi connectivity index (χ4v) is 1.37. The number of Topliss-reactive ketones (excluding diaryl/α,β-unsaturated/α-hetero) is 1. The zero-order valence-corrected chi connectivity index (χ0v) is 7.27. The van der Waals surface area contributed by atoms with Gasteiger partial charge in [0.15, 0.2) is 5.78 Å². The van der Waals surface area contributed by atoms with Gasteiger partial charge >= 0.3 is 0 Å². The maximum absolute atomic E-state index is 11.4. The molecule has 1 N–H and O–H groups in total. The lowest BCUT2D eigenvalue weighted by atomic mass is 10.1. The quantitative estimate of drug-likeness (QED) is 0.756. The van der Waals surface area contributed by atoms with E-state index in [2.05, 4.69) is 0 Å². The van der Waals surface area contributed by atoms with Crippen LogP contribution in [0.3, 0.4) is 0 Å². The second-order valence-corrected chi connectivity index (χ2v) is 3.56. The first-order chi connectivity index (χ1) is 6.27. The summed E-state index contributed by atoms with van der Waals surface area (Å²) in [5.41, 5.74) is 0.838. The summed E-state index contributed by atoms with van der Waals surface area (Å²) in [6, 6.07) is 1.75. The summed E-state index contributed by atoms with van der Waals surface area (Å²) in [7, 11) is 0. The molecule has 1 unspecified atom stereocenters. The summed E-state index contributed by atoms with van der Waals surface area (Å²) in [5.74, 6) is 0.128. The van der Waals surface area contributed by atoms with Crippen molar-refractivity contribution in [2.75, 3.05) is 0 Å². The highest BCUT2D eigenvalue weighted by Crippen LogP contribution is 2.33. The number of aliphatic hydroxyl groups excluding tert-OH is 1. The third-order valence-corrected chi connectivity index (χ3v) is 2.36. The van der Waals surface area contributed by atoms with Gasteiger partial charge in [0.2, 0.25) is 0 Å². The Morgan fingerprint density at radius 3 is 3.00 bits per heavy atom. The van der Waals surface area contributed by atoms with Crippen molar-refractivity contribution >= 4 is 5.78 Å². The molecule has 0 bridgehead atoms. The van der Waals surface area contributed by atoms with Crippen LogP contribution in [0.4, 0.5) is 0 Å². The lowest BCUT2D eigenvalue weighted by Crippen LogP contribution is -2.24. The predicted octanol–water partition coefficient (Wildman–Crippen LogP) is 1.16. The molecule has 1 atom stereocenters. The van der Waals surface area contributed by atoms with Crippen LogP contribution in [0.2, 0.25) is 0 Å². The van der Waals surface area contributed by atoms with E-state index in [4.69, 9.17) is 4.42 Å². The van der Waals surface area contributed by atoms with E-state index in [0.29, 0.717) is 0 Å². The van der Waals surface area contributed by atoms with Crippen LogP contribution in [-0.4, -0.2) is 17.0 Å². The minimum atomic E-state index is -0.755. The van der Waals surface area contributed by atoms with E-state index in [-0.39, 0.29) is 18.1 Å². The van der Waals surface area contributed by atoms with Crippen LogP contribution < -0.4 is 0 Å². The molecule has 70 valence electrons. The number of carbonyl (C=O) groups excluding carboxylic acids is 1. The Labute approximate surface area is 76.4 Å². The molecule has 0 radical (unpaired) electrons. The van der Waals surface area contributed by atoms with Crippen molar-refractivity contribution in [1.82, 2.24) is 0 Å². The third kappa shape index (κ3) is 1.98. The van der Waals surface area contributed by atoms with Gasteiger partial charge in [0.05, 0.1) is 12.5 Å². The number of hydrogen-bond donors (Lipinski definition) is 1. The summed E-state index contributed by atoms with van der Waals surface area (Å²) in [5, 5.41) is 9.48. The average Bonchev–Trinajstić information content (AvgIpc) is 2.85. The van der Waals surface area contributed by atoms with Gasteiger partial charge in [0.25, 0.3) is 0 Å². The molecule has 1 aromatic rings. The van der Waals surface area contributed by atoms with Crippen molar-refractivity contribution in [3.05, 3.63) is 24.2 Å². The molecule has 13 heavy (non-hydrogen) atoms. The van der Waals surface area contributed by atoms with E-state index in [0.717, 1.165) is 18.4 Å². The van der Waals surface area contributed by atoms with Crippen LogP contribution in [0.15, 0.2) is 23.0 Å². The monoisotopic (exact) mass is 180 g/mol. The molecule has 3 heteroatoms. The molecule has 1 aliphatic carbocycles. The maximum Gasteiger partial charge on any atom is 0.166 e. The van der Waals surface area contributed by atoms with Crippen LogP contribution in [0, 0.1) is 5.92 Å². The Morgan fingerprint density at radius 2 is 2.46 bits per heavy atom. The van der Waals surface area contributed by atoms with Crippen LogP contribution in [0.5, 0.6) is 0 Å². The Bertz CT molecular complexity index is 285. The molecule has 1 saturated carbocycles. The fraction of sp³-hybridized carbons (Fsp3) is 0.500. The zero-order valence-electron chi connectivity index (χ0n) is 7.27. The van der Waals surface area contributed by atoms with Gasteiger partial charge in [-0.1, -0.05) is 0 Å². The van der Waals surface area contributed by atoms with Gasteiger partial charge in [-0.05, 0) is 30.4 Å². The highest BCUT2D eigenvalue weighted by molar-refractivity contribution is 5.85. The number of carbonyl (C=O) groups is 1. The summed E-state index contributed by atoms with van der Waals surface area (Å²) in [6.45, 7) is 0. The summed E-state index contributed by atoms with van der Waals surface area (Å²) < 4.78 is 4.84. The van der Waals surface area contributed by atoms with Gasteiger partial charge in [-0.3, -0.25) is 4.79 Å². The molecular formula is C10H12O3. The number of rotatable bonds is 4. The normalized spacial score (nSPS) is 18.5. The van der Waals surface area contributed by atoms with Gasteiger partial charge in [-0.2, -0.15) is 0 Å². The van der Waals surface area contributed by atoms with Crippen LogP contribution in [0.1, 0.15) is 18.4 Å². The van der Waals surface area contributed by atoms with E-state index in [1.807, 2.05) is 0 Å². The Kier molecular flexibility index (Phi) is 2.19. The van der Waals surface area contributed by atoms with Crippen molar-refractivity contribution in [2.45, 2.75) is 25.4 Å². The molecule has 0 aromatic carbocycles. The van der Waals surface area contributed by atoms with Gasteiger partial charge in [0, 0.05) is 6.42 Å².